The van der Waals surface area contributed by atoms with E-state index in [1.54, 1.807) is 0 Å². The van der Waals surface area contributed by atoms with Gasteiger partial charge in [0.1, 0.15) is 0 Å². The van der Waals surface area contributed by atoms with Crippen molar-refractivity contribution < 1.29 is 0 Å². The largest absolute Gasteiger partial charge is 0.252 e. The maximum Gasteiger partial charge on any atom is 0.0636 e. The third-order valence-corrected chi connectivity index (χ3v) is 3.12. The van der Waals surface area contributed by atoms with Crippen LogP contribution in [0.3, 0.4) is 0 Å². The van der Waals surface area contributed by atoms with Crippen molar-refractivity contribution in [2.24, 2.45) is 9.98 Å². The quantitative estimate of drug-likeness (QED) is 0.682. The summed E-state index contributed by atoms with van der Waals surface area (Å²) in [6, 6.07) is 16.4. The molecule has 0 amide bonds. The molecule has 0 fully saturated rings. The van der Waals surface area contributed by atoms with Gasteiger partial charge in [-0.1, -0.05) is 24.3 Å². The molecule has 0 unspecified atom stereocenters. The molecule has 2 rings (SSSR count). The van der Waals surface area contributed by atoms with Gasteiger partial charge in [0.15, 0.2) is 0 Å². The molecule has 20 heavy (non-hydrogen) atoms. The van der Waals surface area contributed by atoms with E-state index in [1.165, 1.54) is 11.1 Å². The normalized spacial score (nSPS) is 12.6. The first-order chi connectivity index (χ1) is 9.54. The van der Waals surface area contributed by atoms with Crippen LogP contribution in [-0.2, 0) is 0 Å². The van der Waals surface area contributed by atoms with Gasteiger partial charge >= 0.3 is 0 Å². The minimum Gasteiger partial charge on any atom is -0.252 e. The summed E-state index contributed by atoms with van der Waals surface area (Å²) >= 11 is 0. The minimum absolute atomic E-state index is 0.942. The fourth-order valence-electron chi connectivity index (χ4n) is 1.94. The van der Waals surface area contributed by atoms with Gasteiger partial charge in [-0.05, 0) is 63.1 Å². The highest BCUT2D eigenvalue weighted by Gasteiger charge is 1.99. The third-order valence-electron chi connectivity index (χ3n) is 3.12. The second-order valence-corrected chi connectivity index (χ2v) is 5.07. The fourth-order valence-corrected chi connectivity index (χ4v) is 1.94. The molecule has 0 bridgehead atoms. The van der Waals surface area contributed by atoms with Crippen molar-refractivity contribution in [3.63, 3.8) is 0 Å². The van der Waals surface area contributed by atoms with Gasteiger partial charge in [-0.2, -0.15) is 0 Å². The Balaban J connectivity index is 2.26. The number of hydrogen-bond acceptors (Lipinski definition) is 2. The Morgan fingerprint density at radius 2 is 1.10 bits per heavy atom. The van der Waals surface area contributed by atoms with Crippen LogP contribution in [0.2, 0.25) is 0 Å². The number of nitrogens with zero attached hydrogens (tertiary/aromatic N) is 2. The first-order valence-corrected chi connectivity index (χ1v) is 6.79. The highest BCUT2D eigenvalue weighted by atomic mass is 14.8. The van der Waals surface area contributed by atoms with Crippen LogP contribution in [0.5, 0.6) is 0 Å². The molecule has 0 aromatic heterocycles. The molecule has 2 aromatic rings. The lowest BCUT2D eigenvalue weighted by Crippen LogP contribution is -2.04. The molecular formula is C18H20N2. The van der Waals surface area contributed by atoms with Crippen molar-refractivity contribution in [2.45, 2.75) is 27.7 Å². The Morgan fingerprint density at radius 1 is 0.700 bits per heavy atom. The smallest absolute Gasteiger partial charge is 0.0636 e. The summed E-state index contributed by atoms with van der Waals surface area (Å²) in [6.07, 6.45) is 0. The summed E-state index contributed by atoms with van der Waals surface area (Å²) < 4.78 is 0. The number of rotatable bonds is 3. The molecule has 0 saturated carbocycles. The number of aliphatic imine (C=N–C) groups is 2. The number of benzene rings is 2. The van der Waals surface area contributed by atoms with Crippen LogP contribution < -0.4 is 0 Å². The molecule has 0 aliphatic carbocycles. The van der Waals surface area contributed by atoms with Gasteiger partial charge in [0.25, 0.3) is 0 Å². The lowest BCUT2D eigenvalue weighted by Gasteiger charge is -2.03. The first-order valence-electron chi connectivity index (χ1n) is 6.79. The lowest BCUT2D eigenvalue weighted by atomic mass is 10.2. The molecule has 0 aliphatic heterocycles. The van der Waals surface area contributed by atoms with E-state index < -0.39 is 0 Å². The van der Waals surface area contributed by atoms with E-state index in [0.717, 1.165) is 22.8 Å². The monoisotopic (exact) mass is 264 g/mol. The molecule has 2 aromatic carbocycles. The molecular weight excluding hydrogens is 244 g/mol. The van der Waals surface area contributed by atoms with Crippen LogP contribution in [-0.4, -0.2) is 11.4 Å². The van der Waals surface area contributed by atoms with E-state index in [4.69, 9.17) is 0 Å². The SMILES string of the molecule is CC(=Nc1cccc(C)c1)C(C)=Nc1cccc(C)c1. The summed E-state index contributed by atoms with van der Waals surface area (Å²) in [6.45, 7) is 8.14. The summed E-state index contributed by atoms with van der Waals surface area (Å²) in [5, 5.41) is 0. The Bertz CT molecular complexity index is 607. The lowest BCUT2D eigenvalue weighted by molar-refractivity contribution is 1.41. The van der Waals surface area contributed by atoms with Crippen LogP contribution in [0.4, 0.5) is 11.4 Å². The highest BCUT2D eigenvalue weighted by Crippen LogP contribution is 2.16. The van der Waals surface area contributed by atoms with E-state index in [9.17, 15) is 0 Å². The minimum atomic E-state index is 0.942. The van der Waals surface area contributed by atoms with E-state index in [1.807, 2.05) is 38.1 Å². The molecule has 0 aliphatic rings. The number of hydrogen-bond donors (Lipinski definition) is 0. The summed E-state index contributed by atoms with van der Waals surface area (Å²) in [5.41, 5.74) is 6.26. The third kappa shape index (κ3) is 3.89. The van der Waals surface area contributed by atoms with Crippen molar-refractivity contribution in [1.82, 2.24) is 0 Å². The zero-order valence-corrected chi connectivity index (χ0v) is 12.5. The Labute approximate surface area is 120 Å². The second kappa shape index (κ2) is 6.29. The number of aryl methyl sites for hydroxylation is 2. The zero-order valence-electron chi connectivity index (χ0n) is 12.5. The van der Waals surface area contributed by atoms with Crippen molar-refractivity contribution in [2.75, 3.05) is 0 Å². The van der Waals surface area contributed by atoms with E-state index in [-0.39, 0.29) is 0 Å². The average molecular weight is 264 g/mol. The topological polar surface area (TPSA) is 24.7 Å². The predicted molar refractivity (Wildman–Crippen MR) is 87.9 cm³/mol. The molecule has 0 heterocycles. The molecule has 102 valence electrons. The van der Waals surface area contributed by atoms with Crippen molar-refractivity contribution >= 4 is 22.8 Å². The van der Waals surface area contributed by atoms with Gasteiger partial charge in [0.2, 0.25) is 0 Å². The molecule has 0 saturated heterocycles. The molecule has 0 N–H and O–H groups in total. The maximum absolute atomic E-state index is 4.62. The first kappa shape index (κ1) is 14.2. The van der Waals surface area contributed by atoms with Gasteiger partial charge in [-0.25, -0.2) is 0 Å². The van der Waals surface area contributed by atoms with E-state index in [2.05, 4.69) is 48.1 Å². The summed E-state index contributed by atoms with van der Waals surface area (Å²) in [7, 11) is 0. The van der Waals surface area contributed by atoms with Crippen LogP contribution >= 0.6 is 0 Å². The average Bonchev–Trinajstić information content (AvgIpc) is 2.38. The molecule has 2 heteroatoms. The van der Waals surface area contributed by atoms with E-state index in [0.29, 0.717) is 0 Å². The molecule has 0 atom stereocenters. The van der Waals surface area contributed by atoms with Crippen LogP contribution in [0.15, 0.2) is 58.5 Å². The molecule has 2 nitrogen and oxygen atoms in total. The van der Waals surface area contributed by atoms with Crippen molar-refractivity contribution in [3.8, 4) is 0 Å². The van der Waals surface area contributed by atoms with Crippen molar-refractivity contribution in [3.05, 3.63) is 59.7 Å². The second-order valence-electron chi connectivity index (χ2n) is 5.07. The Hall–Kier alpha value is -2.22. The zero-order chi connectivity index (χ0) is 14.5. The highest BCUT2D eigenvalue weighted by molar-refractivity contribution is 6.41. The van der Waals surface area contributed by atoms with Crippen LogP contribution in [0.25, 0.3) is 0 Å². The Kier molecular flexibility index (Phi) is 4.46. The maximum atomic E-state index is 4.62. The standard InChI is InChI=1S/C18H20N2/c1-13-7-5-9-17(11-13)19-15(3)16(4)20-18-10-6-8-14(2)12-18/h5-12H,1-4H3. The Morgan fingerprint density at radius 3 is 1.45 bits per heavy atom. The predicted octanol–water partition coefficient (Wildman–Crippen LogP) is 5.19. The molecule has 0 spiro atoms. The fraction of sp³-hybridized carbons (Fsp3) is 0.222. The molecule has 0 radical (unpaired) electrons. The van der Waals surface area contributed by atoms with E-state index >= 15 is 0 Å². The van der Waals surface area contributed by atoms with Gasteiger partial charge in [-0.15, -0.1) is 0 Å². The van der Waals surface area contributed by atoms with Gasteiger partial charge < -0.3 is 0 Å². The van der Waals surface area contributed by atoms with Gasteiger partial charge in [0, 0.05) is 0 Å². The van der Waals surface area contributed by atoms with Crippen LogP contribution in [0.1, 0.15) is 25.0 Å². The summed E-state index contributed by atoms with van der Waals surface area (Å²) in [5.74, 6) is 0. The van der Waals surface area contributed by atoms with Gasteiger partial charge in [0.05, 0.1) is 22.8 Å². The van der Waals surface area contributed by atoms with Crippen molar-refractivity contribution in [1.29, 1.82) is 0 Å². The summed E-state index contributed by atoms with van der Waals surface area (Å²) in [4.78, 5) is 9.25. The van der Waals surface area contributed by atoms with Crippen LogP contribution in [0, 0.1) is 13.8 Å². The van der Waals surface area contributed by atoms with Gasteiger partial charge in [-0.3, -0.25) is 9.98 Å².